The number of likely N-dealkylation sites (tertiary alicyclic amines) is 1. The second-order valence-electron chi connectivity index (χ2n) is 11.3. The second kappa shape index (κ2) is 9.66. The van der Waals surface area contributed by atoms with Crippen molar-refractivity contribution < 1.29 is 19.1 Å². The largest absolute Gasteiger partial charge is 0.359 e. The van der Waals surface area contributed by atoms with E-state index >= 15 is 0 Å². The van der Waals surface area contributed by atoms with Crippen molar-refractivity contribution in [3.8, 4) is 0 Å². The monoisotopic (exact) mass is 491 g/mol. The van der Waals surface area contributed by atoms with Gasteiger partial charge in [0.05, 0.1) is 17.9 Å². The molecule has 7 heteroatoms. The number of carbonyl (C=O) groups excluding carboxylic acids is 3. The Bertz CT molecular complexity index is 1030. The number of nitrogens with one attached hydrogen (secondary N) is 2. The highest BCUT2D eigenvalue weighted by atomic mass is 16.5. The quantitative estimate of drug-likeness (QED) is 0.598. The van der Waals surface area contributed by atoms with Gasteiger partial charge in [-0.1, -0.05) is 81.0 Å². The maximum atomic E-state index is 14.0. The molecule has 5 aliphatic rings. The number of hydrogen-bond donors (Lipinski definition) is 2. The summed E-state index contributed by atoms with van der Waals surface area (Å²) in [7, 11) is 0. The van der Waals surface area contributed by atoms with Crippen molar-refractivity contribution in [2.75, 3.05) is 0 Å². The summed E-state index contributed by atoms with van der Waals surface area (Å²) in [6.07, 6.45) is 14.1. The summed E-state index contributed by atoms with van der Waals surface area (Å²) in [6, 6.07) is 9.26. The van der Waals surface area contributed by atoms with Crippen LogP contribution in [-0.4, -0.2) is 52.5 Å². The van der Waals surface area contributed by atoms with E-state index in [1.165, 1.54) is 12.8 Å². The van der Waals surface area contributed by atoms with Crippen LogP contribution in [0.25, 0.3) is 0 Å². The van der Waals surface area contributed by atoms with Gasteiger partial charge < -0.3 is 20.3 Å². The Labute approximate surface area is 213 Å². The van der Waals surface area contributed by atoms with E-state index in [2.05, 4.69) is 10.6 Å². The maximum Gasteiger partial charge on any atom is 0.246 e. The van der Waals surface area contributed by atoms with Crippen LogP contribution in [0.5, 0.6) is 0 Å². The molecule has 0 radical (unpaired) electrons. The first-order chi connectivity index (χ1) is 17.6. The van der Waals surface area contributed by atoms with Crippen LogP contribution in [0.2, 0.25) is 0 Å². The Balaban J connectivity index is 1.30. The van der Waals surface area contributed by atoms with Crippen molar-refractivity contribution in [1.82, 2.24) is 15.5 Å². The summed E-state index contributed by atoms with van der Waals surface area (Å²) < 4.78 is 6.47. The van der Waals surface area contributed by atoms with Gasteiger partial charge in [-0.3, -0.25) is 14.4 Å². The predicted molar refractivity (Wildman–Crippen MR) is 135 cm³/mol. The number of ether oxygens (including phenoxy) is 1. The third kappa shape index (κ3) is 4.05. The molecule has 5 atom stereocenters. The zero-order chi connectivity index (χ0) is 24.7. The molecule has 6 rings (SSSR count). The molecule has 1 spiro atoms. The Kier molecular flexibility index (Phi) is 6.36. The van der Waals surface area contributed by atoms with Crippen LogP contribution in [0.4, 0.5) is 0 Å². The van der Waals surface area contributed by atoms with Crippen molar-refractivity contribution >= 4 is 17.7 Å². The summed E-state index contributed by atoms with van der Waals surface area (Å²) >= 11 is 0. The Morgan fingerprint density at radius 2 is 1.50 bits per heavy atom. The number of carbonyl (C=O) groups is 3. The molecule has 2 saturated carbocycles. The Hall–Kier alpha value is -2.67. The number of nitrogens with zero attached hydrogens (tertiary/aromatic N) is 1. The van der Waals surface area contributed by atoms with E-state index in [0.717, 1.165) is 56.9 Å². The number of rotatable bonds is 6. The maximum absolute atomic E-state index is 14.0. The fraction of sp³-hybridized carbons (Fsp3) is 0.621. The van der Waals surface area contributed by atoms with E-state index in [-0.39, 0.29) is 29.8 Å². The molecule has 2 N–H and O–H groups in total. The minimum atomic E-state index is -1.09. The Morgan fingerprint density at radius 1 is 0.889 bits per heavy atom. The van der Waals surface area contributed by atoms with Crippen LogP contribution in [-0.2, 0) is 25.7 Å². The Morgan fingerprint density at radius 3 is 2.14 bits per heavy atom. The molecule has 2 saturated heterocycles. The third-order valence-corrected chi connectivity index (χ3v) is 9.02. The molecule has 7 nitrogen and oxygen atoms in total. The van der Waals surface area contributed by atoms with E-state index < -0.39 is 29.6 Å². The van der Waals surface area contributed by atoms with E-state index in [0.29, 0.717) is 6.54 Å². The van der Waals surface area contributed by atoms with Crippen LogP contribution in [0.3, 0.4) is 0 Å². The van der Waals surface area contributed by atoms with Gasteiger partial charge in [-0.05, 0) is 31.2 Å². The first-order valence-corrected chi connectivity index (χ1v) is 13.9. The molecule has 3 aliphatic heterocycles. The van der Waals surface area contributed by atoms with E-state index in [4.69, 9.17) is 4.74 Å². The molecule has 36 heavy (non-hydrogen) atoms. The summed E-state index contributed by atoms with van der Waals surface area (Å²) in [4.78, 5) is 43.1. The summed E-state index contributed by atoms with van der Waals surface area (Å²) in [6.45, 7) is 0.319. The lowest BCUT2D eigenvalue weighted by Crippen LogP contribution is -2.56. The molecule has 192 valence electrons. The SMILES string of the molecule is O=C(NC1CCCCC1)[C@H]1[C@H]2C=C[C@]3(O2)[C@H](C(=O)NC2CCCCC2)N(Cc2ccccc2)C(=O)[C@@H]13. The lowest BCUT2D eigenvalue weighted by Gasteiger charge is -2.34. The number of hydrogen-bond acceptors (Lipinski definition) is 4. The normalized spacial score (nSPS) is 34.1. The van der Waals surface area contributed by atoms with E-state index in [1.807, 2.05) is 42.5 Å². The predicted octanol–water partition coefficient (Wildman–Crippen LogP) is 3.24. The van der Waals surface area contributed by atoms with Crippen molar-refractivity contribution in [3.05, 3.63) is 48.0 Å². The molecule has 4 fully saturated rings. The van der Waals surface area contributed by atoms with Crippen molar-refractivity contribution in [2.24, 2.45) is 11.8 Å². The number of benzene rings is 1. The number of fused-ring (bicyclic) bond motifs is 1. The molecule has 3 heterocycles. The van der Waals surface area contributed by atoms with Gasteiger partial charge in [0.25, 0.3) is 0 Å². The molecule has 3 amide bonds. The van der Waals surface area contributed by atoms with Crippen molar-refractivity contribution in [1.29, 1.82) is 0 Å². The number of amides is 3. The molecule has 2 bridgehead atoms. The van der Waals surface area contributed by atoms with Crippen molar-refractivity contribution in [3.63, 3.8) is 0 Å². The van der Waals surface area contributed by atoms with Gasteiger partial charge in [0.2, 0.25) is 17.7 Å². The minimum absolute atomic E-state index is 0.107. The highest BCUT2D eigenvalue weighted by Gasteiger charge is 2.72. The standard InChI is InChI=1S/C29H37N3O4/c33-26(30-20-12-6-2-7-13-20)23-22-16-17-29(36-22)24(23)28(35)32(18-19-10-4-1-5-11-19)25(29)27(34)31-21-14-8-3-9-15-21/h1,4-5,10-11,16-17,20-25H,2-3,6-9,12-15,18H2,(H,30,33)(H,31,34)/t22-,23+,24-,25+,29-/m1/s1. The molecule has 1 aromatic rings. The molecule has 0 aromatic heterocycles. The lowest BCUT2D eigenvalue weighted by atomic mass is 9.74. The smallest absolute Gasteiger partial charge is 0.246 e. The first kappa shape index (κ1) is 23.7. The zero-order valence-corrected chi connectivity index (χ0v) is 20.9. The summed E-state index contributed by atoms with van der Waals surface area (Å²) in [5, 5.41) is 6.48. The van der Waals surface area contributed by atoms with E-state index in [9.17, 15) is 14.4 Å². The average Bonchev–Trinajstić information content (AvgIpc) is 3.53. The third-order valence-electron chi connectivity index (χ3n) is 9.02. The molecule has 2 aliphatic carbocycles. The second-order valence-corrected chi connectivity index (χ2v) is 11.3. The topological polar surface area (TPSA) is 87.7 Å². The zero-order valence-electron chi connectivity index (χ0n) is 20.9. The van der Waals surface area contributed by atoms with Crippen LogP contribution in [0.15, 0.2) is 42.5 Å². The van der Waals surface area contributed by atoms with Crippen LogP contribution < -0.4 is 10.6 Å². The molecular formula is C29H37N3O4. The minimum Gasteiger partial charge on any atom is -0.359 e. The lowest BCUT2D eigenvalue weighted by molar-refractivity contribution is -0.142. The van der Waals surface area contributed by atoms with Gasteiger partial charge in [0, 0.05) is 18.6 Å². The molecule has 0 unspecified atom stereocenters. The van der Waals surface area contributed by atoms with Gasteiger partial charge in [0.15, 0.2) is 0 Å². The first-order valence-electron chi connectivity index (χ1n) is 13.9. The molecular weight excluding hydrogens is 454 g/mol. The molecule has 1 aromatic carbocycles. The van der Waals surface area contributed by atoms with Crippen molar-refractivity contribution in [2.45, 2.75) is 101 Å². The van der Waals surface area contributed by atoms with Gasteiger partial charge >= 0.3 is 0 Å². The fourth-order valence-corrected chi connectivity index (χ4v) is 7.29. The fourth-order valence-electron chi connectivity index (χ4n) is 7.29. The van der Waals surface area contributed by atoms with Gasteiger partial charge in [-0.15, -0.1) is 0 Å². The van der Waals surface area contributed by atoms with Gasteiger partial charge in [0.1, 0.15) is 11.6 Å². The van der Waals surface area contributed by atoms with Gasteiger partial charge in [-0.2, -0.15) is 0 Å². The average molecular weight is 492 g/mol. The summed E-state index contributed by atoms with van der Waals surface area (Å²) in [5.74, 6) is -1.70. The summed E-state index contributed by atoms with van der Waals surface area (Å²) in [5.41, 5.74) is -0.136. The van der Waals surface area contributed by atoms with Gasteiger partial charge in [-0.25, -0.2) is 0 Å². The highest BCUT2D eigenvalue weighted by Crippen LogP contribution is 2.55. The van der Waals surface area contributed by atoms with Crippen LogP contribution >= 0.6 is 0 Å². The van der Waals surface area contributed by atoms with E-state index in [1.54, 1.807) is 4.90 Å². The van der Waals surface area contributed by atoms with Crippen LogP contribution in [0, 0.1) is 11.8 Å². The van der Waals surface area contributed by atoms with Crippen LogP contribution in [0.1, 0.15) is 69.8 Å². The highest BCUT2D eigenvalue weighted by molar-refractivity contribution is 6.00.